The van der Waals surface area contributed by atoms with E-state index in [1.165, 1.54) is 5.56 Å². The van der Waals surface area contributed by atoms with Crippen LogP contribution in [0.3, 0.4) is 0 Å². The molecule has 5 heteroatoms. The van der Waals surface area contributed by atoms with Gasteiger partial charge in [-0.3, -0.25) is 0 Å². The van der Waals surface area contributed by atoms with Gasteiger partial charge in [0.25, 0.3) is 0 Å². The Balaban J connectivity index is 2.21. The first-order valence-corrected chi connectivity index (χ1v) is 9.55. The predicted molar refractivity (Wildman–Crippen MR) is 110 cm³/mol. The molecule has 5 nitrogen and oxygen atoms in total. The fourth-order valence-corrected chi connectivity index (χ4v) is 3.52. The van der Waals surface area contributed by atoms with Crippen molar-refractivity contribution in [1.29, 1.82) is 0 Å². The van der Waals surface area contributed by atoms with Crippen LogP contribution in [0.4, 0.5) is 0 Å². The number of benzene rings is 2. The van der Waals surface area contributed by atoms with Crippen molar-refractivity contribution in [1.82, 2.24) is 4.57 Å². The summed E-state index contributed by atoms with van der Waals surface area (Å²) in [6.07, 6.45) is 0. The van der Waals surface area contributed by atoms with E-state index in [9.17, 15) is 4.79 Å². The van der Waals surface area contributed by atoms with E-state index in [2.05, 4.69) is 30.5 Å². The van der Waals surface area contributed by atoms with Crippen molar-refractivity contribution in [3.63, 3.8) is 0 Å². The number of methoxy groups -OCH3 is 1. The molecule has 0 N–H and O–H groups in total. The van der Waals surface area contributed by atoms with E-state index in [-0.39, 0.29) is 18.7 Å². The third kappa shape index (κ3) is 4.04. The number of hydrogen-bond acceptors (Lipinski definition) is 4. The summed E-state index contributed by atoms with van der Waals surface area (Å²) in [5.74, 6) is 0.512. The van der Waals surface area contributed by atoms with E-state index in [4.69, 9.17) is 14.2 Å². The highest BCUT2D eigenvalue weighted by atomic mass is 16.7. The highest BCUT2D eigenvalue weighted by Gasteiger charge is 2.26. The molecular formula is C23H27NO4. The lowest BCUT2D eigenvalue weighted by molar-refractivity contribution is 0.0512. The Labute approximate surface area is 165 Å². The number of fused-ring (bicyclic) bond motifs is 1. The molecule has 0 radical (unpaired) electrons. The zero-order valence-corrected chi connectivity index (χ0v) is 16.9. The molecule has 0 unspecified atom stereocenters. The van der Waals surface area contributed by atoms with E-state index in [0.717, 1.165) is 16.6 Å². The van der Waals surface area contributed by atoms with E-state index < -0.39 is 0 Å². The van der Waals surface area contributed by atoms with Crippen molar-refractivity contribution < 1.29 is 19.0 Å². The summed E-state index contributed by atoms with van der Waals surface area (Å²) in [4.78, 5) is 12.9. The maximum Gasteiger partial charge on any atom is 0.340 e. The maximum absolute atomic E-state index is 12.9. The summed E-state index contributed by atoms with van der Waals surface area (Å²) in [5, 5.41) is 0.840. The Hall–Kier alpha value is -2.79. The molecular weight excluding hydrogens is 354 g/mol. The van der Waals surface area contributed by atoms with Gasteiger partial charge in [-0.1, -0.05) is 44.2 Å². The first kappa shape index (κ1) is 20.0. The smallest absolute Gasteiger partial charge is 0.340 e. The summed E-state index contributed by atoms with van der Waals surface area (Å²) >= 11 is 0. The first-order chi connectivity index (χ1) is 13.6. The first-order valence-electron chi connectivity index (χ1n) is 9.55. The third-order valence-electron chi connectivity index (χ3n) is 4.63. The van der Waals surface area contributed by atoms with Gasteiger partial charge in [-0.15, -0.1) is 0 Å². The van der Waals surface area contributed by atoms with E-state index >= 15 is 0 Å². The monoisotopic (exact) mass is 381 g/mol. The lowest BCUT2D eigenvalue weighted by Gasteiger charge is -2.15. The average molecular weight is 381 g/mol. The van der Waals surface area contributed by atoms with Gasteiger partial charge in [0.2, 0.25) is 0 Å². The molecule has 0 saturated carbocycles. The second kappa shape index (κ2) is 8.93. The lowest BCUT2D eigenvalue weighted by Crippen LogP contribution is -2.12. The van der Waals surface area contributed by atoms with E-state index in [1.54, 1.807) is 7.11 Å². The van der Waals surface area contributed by atoms with Crippen LogP contribution in [0.25, 0.3) is 10.9 Å². The Morgan fingerprint density at radius 2 is 1.86 bits per heavy atom. The molecule has 0 atom stereocenters. The van der Waals surface area contributed by atoms with Crippen molar-refractivity contribution in [2.24, 2.45) is 0 Å². The zero-order chi connectivity index (χ0) is 20.1. The van der Waals surface area contributed by atoms with Gasteiger partial charge >= 0.3 is 5.97 Å². The Kier molecular flexibility index (Phi) is 6.37. The lowest BCUT2D eigenvalue weighted by atomic mass is 10.0. The van der Waals surface area contributed by atoms with Gasteiger partial charge < -0.3 is 18.8 Å². The number of rotatable bonds is 8. The van der Waals surface area contributed by atoms with Gasteiger partial charge in [0.1, 0.15) is 5.75 Å². The van der Waals surface area contributed by atoms with Gasteiger partial charge in [-0.2, -0.15) is 0 Å². The van der Waals surface area contributed by atoms with Crippen LogP contribution in [0.5, 0.6) is 5.75 Å². The number of carbonyl (C=O) groups is 1. The molecule has 148 valence electrons. The fourth-order valence-electron chi connectivity index (χ4n) is 3.52. The van der Waals surface area contributed by atoms with Gasteiger partial charge in [-0.05, 0) is 36.6 Å². The molecule has 0 aliphatic heterocycles. The highest BCUT2D eigenvalue weighted by Crippen LogP contribution is 2.35. The van der Waals surface area contributed by atoms with Crippen LogP contribution in [0.15, 0.2) is 48.5 Å². The molecule has 0 aliphatic rings. The second-order valence-electron chi connectivity index (χ2n) is 6.94. The van der Waals surface area contributed by atoms with Crippen LogP contribution in [0.1, 0.15) is 48.3 Å². The average Bonchev–Trinajstić information content (AvgIpc) is 3.01. The molecule has 3 rings (SSSR count). The summed E-state index contributed by atoms with van der Waals surface area (Å²) in [5.41, 5.74) is 3.75. The number of aromatic nitrogens is 1. The van der Waals surface area contributed by atoms with Crippen molar-refractivity contribution in [2.75, 3.05) is 20.5 Å². The van der Waals surface area contributed by atoms with Gasteiger partial charge in [0.05, 0.1) is 12.2 Å². The minimum atomic E-state index is -0.299. The number of carbonyl (C=O) groups excluding carboxylic acids is 1. The maximum atomic E-state index is 12.9. The molecule has 0 fully saturated rings. The topological polar surface area (TPSA) is 49.7 Å². The highest BCUT2D eigenvalue weighted by molar-refractivity contribution is 6.06. The molecule has 28 heavy (non-hydrogen) atoms. The number of esters is 1. The van der Waals surface area contributed by atoms with E-state index in [0.29, 0.717) is 24.5 Å². The van der Waals surface area contributed by atoms with Crippen molar-refractivity contribution in [3.05, 3.63) is 65.4 Å². The standard InChI is InChI=1S/C23H27NO4/c1-5-27-23(25)21-19-13-18(28-15-26-4)11-12-20(19)24(22(21)16(2)3)14-17-9-7-6-8-10-17/h6-13,16H,5,14-15H2,1-4H3. The Bertz CT molecular complexity index is 944. The number of ether oxygens (including phenoxy) is 3. The van der Waals surface area contributed by atoms with Crippen molar-refractivity contribution in [3.8, 4) is 5.75 Å². The molecule has 2 aromatic carbocycles. The molecule has 1 aromatic heterocycles. The van der Waals surface area contributed by atoms with Gasteiger partial charge in [0, 0.05) is 30.3 Å². The van der Waals surface area contributed by atoms with Gasteiger partial charge in [-0.25, -0.2) is 4.79 Å². The van der Waals surface area contributed by atoms with Crippen LogP contribution in [0.2, 0.25) is 0 Å². The molecule has 0 amide bonds. The van der Waals surface area contributed by atoms with Crippen LogP contribution < -0.4 is 4.74 Å². The normalized spacial score (nSPS) is 11.2. The summed E-state index contributed by atoms with van der Waals surface area (Å²) in [6, 6.07) is 16.0. The molecule has 0 bridgehead atoms. The largest absolute Gasteiger partial charge is 0.468 e. The van der Waals surface area contributed by atoms with Crippen LogP contribution >= 0.6 is 0 Å². The minimum Gasteiger partial charge on any atom is -0.468 e. The van der Waals surface area contributed by atoms with Crippen molar-refractivity contribution in [2.45, 2.75) is 33.2 Å². The summed E-state index contributed by atoms with van der Waals surface area (Å²) in [7, 11) is 1.58. The minimum absolute atomic E-state index is 0.152. The number of nitrogens with zero attached hydrogens (tertiary/aromatic N) is 1. The van der Waals surface area contributed by atoms with Crippen LogP contribution in [0, 0.1) is 0 Å². The Morgan fingerprint density at radius 3 is 2.50 bits per heavy atom. The molecule has 1 heterocycles. The third-order valence-corrected chi connectivity index (χ3v) is 4.63. The molecule has 0 spiro atoms. The van der Waals surface area contributed by atoms with Crippen LogP contribution in [-0.4, -0.2) is 31.0 Å². The summed E-state index contributed by atoms with van der Waals surface area (Å²) in [6.45, 7) is 7.19. The molecule has 3 aromatic rings. The Morgan fingerprint density at radius 1 is 1.11 bits per heavy atom. The quantitative estimate of drug-likeness (QED) is 0.408. The fraction of sp³-hybridized carbons (Fsp3) is 0.348. The molecule has 0 saturated heterocycles. The van der Waals surface area contributed by atoms with E-state index in [1.807, 2.05) is 43.3 Å². The second-order valence-corrected chi connectivity index (χ2v) is 6.94. The molecule has 0 aliphatic carbocycles. The van der Waals surface area contributed by atoms with Crippen molar-refractivity contribution >= 4 is 16.9 Å². The summed E-state index contributed by atoms with van der Waals surface area (Å²) < 4.78 is 18.2. The predicted octanol–water partition coefficient (Wildman–Crippen LogP) is 4.97. The SMILES string of the molecule is CCOC(=O)c1c(C(C)C)n(Cc2ccccc2)c2ccc(OCOC)cc12. The van der Waals surface area contributed by atoms with Crippen LogP contribution in [-0.2, 0) is 16.0 Å². The zero-order valence-electron chi connectivity index (χ0n) is 16.9. The number of hydrogen-bond donors (Lipinski definition) is 0. The van der Waals surface area contributed by atoms with Gasteiger partial charge in [0.15, 0.2) is 6.79 Å².